The summed E-state index contributed by atoms with van der Waals surface area (Å²) in [6.07, 6.45) is 4.99. The van der Waals surface area contributed by atoms with Gasteiger partial charge in [0.2, 0.25) is 11.8 Å². The van der Waals surface area contributed by atoms with Crippen LogP contribution in [0.3, 0.4) is 0 Å². The number of amides is 2. The summed E-state index contributed by atoms with van der Waals surface area (Å²) in [6, 6.07) is 16.2. The third-order valence-corrected chi connectivity index (χ3v) is 6.32. The zero-order valence-corrected chi connectivity index (χ0v) is 22.1. The van der Waals surface area contributed by atoms with Crippen LogP contribution in [0.15, 0.2) is 54.6 Å². The predicted octanol–water partition coefficient (Wildman–Crippen LogP) is 4.05. The van der Waals surface area contributed by atoms with Crippen molar-refractivity contribution < 1.29 is 14.7 Å². The van der Waals surface area contributed by atoms with E-state index in [1.54, 1.807) is 24.3 Å². The number of hydrogen-bond donors (Lipinski definition) is 3. The van der Waals surface area contributed by atoms with Gasteiger partial charge in [-0.05, 0) is 68.0 Å². The molecule has 0 radical (unpaired) electrons. The van der Waals surface area contributed by atoms with Crippen LogP contribution in [-0.4, -0.2) is 46.8 Å². The second-order valence-corrected chi connectivity index (χ2v) is 9.64. The Morgan fingerprint density at radius 1 is 1.08 bits per heavy atom. The molecule has 0 bridgehead atoms. The van der Waals surface area contributed by atoms with Gasteiger partial charge < -0.3 is 15.7 Å². The van der Waals surface area contributed by atoms with E-state index < -0.39 is 11.9 Å². The minimum absolute atomic E-state index is 0.153. The van der Waals surface area contributed by atoms with Gasteiger partial charge in [-0.3, -0.25) is 19.6 Å². The van der Waals surface area contributed by atoms with Gasteiger partial charge >= 0.3 is 0 Å². The molecule has 4 N–H and O–H groups in total. The number of benzene rings is 2. The average molecular weight is 506 g/mol. The van der Waals surface area contributed by atoms with Gasteiger partial charge in [0.15, 0.2) is 0 Å². The Morgan fingerprint density at radius 3 is 2.54 bits per heavy atom. The van der Waals surface area contributed by atoms with Crippen molar-refractivity contribution in [2.75, 3.05) is 19.0 Å². The van der Waals surface area contributed by atoms with Gasteiger partial charge in [0.1, 0.15) is 5.75 Å². The molecule has 0 aliphatic rings. The van der Waals surface area contributed by atoms with E-state index in [9.17, 15) is 14.7 Å². The van der Waals surface area contributed by atoms with Crippen molar-refractivity contribution in [3.63, 3.8) is 0 Å². The van der Waals surface area contributed by atoms with Crippen LogP contribution in [0.25, 0.3) is 11.3 Å². The van der Waals surface area contributed by atoms with Crippen LogP contribution in [0.5, 0.6) is 5.75 Å². The van der Waals surface area contributed by atoms with Crippen LogP contribution >= 0.6 is 0 Å². The summed E-state index contributed by atoms with van der Waals surface area (Å²) < 4.78 is 2.09. The Balaban J connectivity index is 1.51. The van der Waals surface area contributed by atoms with Crippen LogP contribution in [-0.2, 0) is 29.0 Å². The molecule has 0 fully saturated rings. The number of anilines is 1. The Morgan fingerprint density at radius 2 is 1.84 bits per heavy atom. The highest BCUT2D eigenvalue weighted by Crippen LogP contribution is 2.25. The van der Waals surface area contributed by atoms with Crippen molar-refractivity contribution in [2.24, 2.45) is 5.73 Å². The van der Waals surface area contributed by atoms with Crippen LogP contribution < -0.4 is 16.0 Å². The van der Waals surface area contributed by atoms with Crippen molar-refractivity contribution in [2.45, 2.75) is 64.5 Å². The number of aromatic nitrogens is 2. The van der Waals surface area contributed by atoms with Crippen molar-refractivity contribution in [1.82, 2.24) is 15.1 Å². The molecule has 0 unspecified atom stereocenters. The molecule has 0 aliphatic carbocycles. The first-order valence-electron chi connectivity index (χ1n) is 13.0. The highest BCUT2D eigenvalue weighted by molar-refractivity contribution is 5.97. The average Bonchev–Trinajstić information content (AvgIpc) is 3.29. The van der Waals surface area contributed by atoms with Gasteiger partial charge in [-0.25, -0.2) is 0 Å². The maximum absolute atomic E-state index is 12.3. The normalized spacial score (nSPS) is 11.8. The lowest BCUT2D eigenvalue weighted by molar-refractivity contribution is -0.131. The first-order valence-corrected chi connectivity index (χ1v) is 13.0. The van der Waals surface area contributed by atoms with Crippen LogP contribution in [0.2, 0.25) is 0 Å². The first-order chi connectivity index (χ1) is 17.8. The zero-order chi connectivity index (χ0) is 26.8. The molecule has 3 rings (SSSR count). The molecule has 0 saturated heterocycles. The molecule has 37 heavy (non-hydrogen) atoms. The minimum atomic E-state index is -0.828. The number of carbonyl (C=O) groups is 2. The van der Waals surface area contributed by atoms with E-state index in [4.69, 9.17) is 10.8 Å². The number of phenols is 1. The second-order valence-electron chi connectivity index (χ2n) is 9.64. The van der Waals surface area contributed by atoms with E-state index in [1.807, 2.05) is 20.2 Å². The molecule has 3 aromatic rings. The summed E-state index contributed by atoms with van der Waals surface area (Å²) in [5, 5.41) is 16.7. The summed E-state index contributed by atoms with van der Waals surface area (Å²) in [7, 11) is 4.05. The molecule has 0 spiro atoms. The van der Waals surface area contributed by atoms with E-state index in [2.05, 4.69) is 46.1 Å². The second kappa shape index (κ2) is 13.6. The van der Waals surface area contributed by atoms with Crippen molar-refractivity contribution in [3.05, 3.63) is 65.9 Å². The van der Waals surface area contributed by atoms with Gasteiger partial charge in [-0.1, -0.05) is 37.6 Å². The summed E-state index contributed by atoms with van der Waals surface area (Å²) in [5.41, 5.74) is 11.1. The van der Waals surface area contributed by atoms with Gasteiger partial charge in [-0.15, -0.1) is 0 Å². The smallest absolute Gasteiger partial charge is 0.243 e. The fourth-order valence-corrected chi connectivity index (χ4v) is 4.11. The number of aryl methyl sites for hydroxylation is 2. The number of nitrogens with two attached hydrogens (primary N) is 1. The van der Waals surface area contributed by atoms with Gasteiger partial charge in [0.05, 0.1) is 11.7 Å². The molecular formula is C29H39N5O3. The standard InChI is InChI=1S/C29H39N5O3/c1-4-5-17-34-24(20-27(32-34)22-9-8-11-23(19-22)33(2)3)10-6-7-12-28(36)31-29(37)26(30)18-21-13-15-25(35)16-14-21/h8-9,11,13-16,19-20,26,35H,4-7,10,12,17-18,30H2,1-3H3,(H,31,36,37)/t26-/m0/s1. The molecule has 0 saturated carbocycles. The number of hydrogen-bond acceptors (Lipinski definition) is 6. The van der Waals surface area contributed by atoms with Gasteiger partial charge in [0, 0.05) is 44.0 Å². The number of unbranched alkanes of at least 4 members (excludes halogenated alkanes) is 2. The fourth-order valence-electron chi connectivity index (χ4n) is 4.11. The molecule has 8 nitrogen and oxygen atoms in total. The Kier molecular flexibility index (Phi) is 10.3. The minimum Gasteiger partial charge on any atom is -0.508 e. The Bertz CT molecular complexity index is 1170. The molecule has 1 atom stereocenters. The number of phenolic OH excluding ortho intramolecular Hbond substituents is 1. The van der Waals surface area contributed by atoms with Crippen molar-refractivity contribution in [1.29, 1.82) is 0 Å². The monoisotopic (exact) mass is 505 g/mol. The quantitative estimate of drug-likeness (QED) is 0.302. The fraction of sp³-hybridized carbons (Fsp3) is 0.414. The lowest BCUT2D eigenvalue weighted by Gasteiger charge is -2.12. The molecule has 8 heteroatoms. The maximum atomic E-state index is 12.3. The topological polar surface area (TPSA) is 113 Å². The van der Waals surface area contributed by atoms with Crippen molar-refractivity contribution in [3.8, 4) is 17.0 Å². The van der Waals surface area contributed by atoms with E-state index in [-0.39, 0.29) is 18.1 Å². The van der Waals surface area contributed by atoms with Crippen LogP contribution in [0.1, 0.15) is 50.3 Å². The first kappa shape index (κ1) is 27.9. The summed E-state index contributed by atoms with van der Waals surface area (Å²) in [4.78, 5) is 26.7. The molecule has 0 aliphatic heterocycles. The number of nitrogens with zero attached hydrogens (tertiary/aromatic N) is 3. The summed E-state index contributed by atoms with van der Waals surface area (Å²) in [5.74, 6) is -0.646. The maximum Gasteiger partial charge on any atom is 0.243 e. The molecule has 1 heterocycles. The number of carbonyl (C=O) groups excluding carboxylic acids is 2. The summed E-state index contributed by atoms with van der Waals surface area (Å²) in [6.45, 7) is 3.04. The third kappa shape index (κ3) is 8.46. The number of aromatic hydroxyl groups is 1. The lowest BCUT2D eigenvalue weighted by atomic mass is 10.1. The number of rotatable bonds is 13. The van der Waals surface area contributed by atoms with Gasteiger partial charge in [0.25, 0.3) is 0 Å². The predicted molar refractivity (Wildman–Crippen MR) is 147 cm³/mol. The van der Waals surface area contributed by atoms with E-state index in [1.165, 1.54) is 0 Å². The largest absolute Gasteiger partial charge is 0.508 e. The highest BCUT2D eigenvalue weighted by atomic mass is 16.3. The molecule has 198 valence electrons. The van der Waals surface area contributed by atoms with E-state index in [0.717, 1.165) is 60.4 Å². The Labute approximate surface area is 219 Å². The lowest BCUT2D eigenvalue weighted by Crippen LogP contribution is -2.44. The molecule has 2 amide bonds. The van der Waals surface area contributed by atoms with Crippen LogP contribution in [0.4, 0.5) is 5.69 Å². The molecule has 1 aromatic heterocycles. The number of nitrogens with one attached hydrogen (secondary N) is 1. The van der Waals surface area contributed by atoms with Gasteiger partial charge in [-0.2, -0.15) is 5.10 Å². The molecule has 2 aromatic carbocycles. The van der Waals surface area contributed by atoms with E-state index in [0.29, 0.717) is 12.8 Å². The van der Waals surface area contributed by atoms with Crippen LogP contribution in [0, 0.1) is 0 Å². The third-order valence-electron chi connectivity index (χ3n) is 6.32. The van der Waals surface area contributed by atoms with E-state index >= 15 is 0 Å². The highest BCUT2D eigenvalue weighted by Gasteiger charge is 2.17. The Hall–Kier alpha value is -3.65. The van der Waals surface area contributed by atoms with Crippen molar-refractivity contribution >= 4 is 17.5 Å². The molecular weight excluding hydrogens is 466 g/mol. The summed E-state index contributed by atoms with van der Waals surface area (Å²) >= 11 is 0. The number of imide groups is 1. The zero-order valence-electron chi connectivity index (χ0n) is 22.1. The SMILES string of the molecule is CCCCn1nc(-c2cccc(N(C)C)c2)cc1CCCCC(=O)NC(=O)[C@@H](N)Cc1ccc(O)cc1.